The van der Waals surface area contributed by atoms with Crippen LogP contribution in [-0.4, -0.2) is 52.8 Å². The molecule has 0 saturated heterocycles. The Morgan fingerprint density at radius 2 is 1.42 bits per heavy atom. The minimum Gasteiger partial charge on any atom is -0.444 e. The van der Waals surface area contributed by atoms with Crippen molar-refractivity contribution in [2.75, 3.05) is 6.54 Å². The minimum absolute atomic E-state index is 0.0803. The van der Waals surface area contributed by atoms with Gasteiger partial charge in [-0.1, -0.05) is 12.1 Å². The first-order valence-electron chi connectivity index (χ1n) is 10.6. The molecule has 1 rings (SSSR count). The third kappa shape index (κ3) is 11.7. The van der Waals surface area contributed by atoms with E-state index in [9.17, 15) is 24.5 Å². The summed E-state index contributed by atoms with van der Waals surface area (Å²) < 4.78 is 10.4. The highest BCUT2D eigenvalue weighted by molar-refractivity contribution is 5.86. The molecule has 184 valence electrons. The summed E-state index contributed by atoms with van der Waals surface area (Å²) in [5.41, 5.74) is -0.886. The van der Waals surface area contributed by atoms with E-state index in [4.69, 9.17) is 9.47 Å². The van der Waals surface area contributed by atoms with Gasteiger partial charge in [0.15, 0.2) is 0 Å². The van der Waals surface area contributed by atoms with Crippen LogP contribution in [-0.2, 0) is 20.7 Å². The summed E-state index contributed by atoms with van der Waals surface area (Å²) >= 11 is 0. The maximum Gasteiger partial charge on any atom is 0.408 e. The van der Waals surface area contributed by atoms with E-state index in [0.717, 1.165) is 0 Å². The zero-order chi connectivity index (χ0) is 25.4. The number of amides is 3. The van der Waals surface area contributed by atoms with Crippen LogP contribution in [0, 0.1) is 10.1 Å². The highest BCUT2D eigenvalue weighted by Gasteiger charge is 2.25. The average molecular weight is 467 g/mol. The molecule has 0 aromatic heterocycles. The Hall–Kier alpha value is -3.37. The van der Waals surface area contributed by atoms with E-state index in [0.29, 0.717) is 5.56 Å². The van der Waals surface area contributed by atoms with Crippen molar-refractivity contribution in [3.8, 4) is 0 Å². The first-order chi connectivity index (χ1) is 15.1. The summed E-state index contributed by atoms with van der Waals surface area (Å²) in [6, 6.07) is 4.24. The van der Waals surface area contributed by atoms with Gasteiger partial charge in [-0.3, -0.25) is 14.9 Å². The number of carbonyl (C=O) groups excluding carboxylic acids is 3. The first-order valence-corrected chi connectivity index (χ1v) is 10.6. The smallest absolute Gasteiger partial charge is 0.408 e. The van der Waals surface area contributed by atoms with Gasteiger partial charge in [-0.05, 0) is 54.0 Å². The predicted octanol–water partition coefficient (Wildman–Crippen LogP) is 3.06. The molecular weight excluding hydrogens is 432 g/mol. The van der Waals surface area contributed by atoms with E-state index in [1.54, 1.807) is 48.5 Å². The molecule has 11 heteroatoms. The number of nitrogens with one attached hydrogen (secondary N) is 3. The third-order valence-electron chi connectivity index (χ3n) is 3.94. The standard InChI is InChI=1S/C22H34N4O7/c1-14(24-19(28)32-21(2,3)4)13-23-18(27)17(25-20(29)33-22(5,6)7)12-15-8-10-16(11-9-15)26(30)31/h8-11,14,17H,12-13H2,1-7H3,(H,23,27)(H,24,28)(H,25,29)/t14?,17-/m0/s1. The molecule has 11 nitrogen and oxygen atoms in total. The third-order valence-corrected chi connectivity index (χ3v) is 3.94. The van der Waals surface area contributed by atoms with Crippen molar-refractivity contribution < 1.29 is 28.8 Å². The van der Waals surface area contributed by atoms with Crippen molar-refractivity contribution in [1.82, 2.24) is 16.0 Å². The number of rotatable bonds is 8. The van der Waals surface area contributed by atoms with E-state index in [2.05, 4.69) is 16.0 Å². The van der Waals surface area contributed by atoms with Crippen molar-refractivity contribution >= 4 is 23.8 Å². The van der Waals surface area contributed by atoms with Crippen molar-refractivity contribution in [2.45, 2.75) is 78.2 Å². The second kappa shape index (κ2) is 11.5. The molecule has 0 bridgehead atoms. The Labute approximate surface area is 193 Å². The van der Waals surface area contributed by atoms with Gasteiger partial charge in [0.25, 0.3) is 5.69 Å². The molecule has 1 aromatic rings. The molecular formula is C22H34N4O7. The van der Waals surface area contributed by atoms with Gasteiger partial charge < -0.3 is 25.4 Å². The van der Waals surface area contributed by atoms with E-state index in [1.165, 1.54) is 24.3 Å². The summed E-state index contributed by atoms with van der Waals surface area (Å²) in [6.07, 6.45) is -1.31. The van der Waals surface area contributed by atoms with E-state index >= 15 is 0 Å². The predicted molar refractivity (Wildman–Crippen MR) is 122 cm³/mol. The Morgan fingerprint density at radius 3 is 1.88 bits per heavy atom. The van der Waals surface area contributed by atoms with Gasteiger partial charge in [0.05, 0.1) is 4.92 Å². The monoisotopic (exact) mass is 466 g/mol. The van der Waals surface area contributed by atoms with Crippen LogP contribution in [0.25, 0.3) is 0 Å². The van der Waals surface area contributed by atoms with Crippen LogP contribution in [0.4, 0.5) is 15.3 Å². The highest BCUT2D eigenvalue weighted by Crippen LogP contribution is 2.14. The zero-order valence-corrected chi connectivity index (χ0v) is 20.2. The Bertz CT molecular complexity index is 842. The van der Waals surface area contributed by atoms with Crippen LogP contribution in [0.3, 0.4) is 0 Å². The molecule has 3 amide bonds. The Morgan fingerprint density at radius 1 is 0.939 bits per heavy atom. The molecule has 0 saturated carbocycles. The quantitative estimate of drug-likeness (QED) is 0.394. The summed E-state index contributed by atoms with van der Waals surface area (Å²) in [7, 11) is 0. The summed E-state index contributed by atoms with van der Waals surface area (Å²) in [5.74, 6) is -0.503. The second-order valence-electron chi connectivity index (χ2n) is 9.62. The first kappa shape index (κ1) is 27.7. The molecule has 2 atom stereocenters. The number of carbonyl (C=O) groups is 3. The van der Waals surface area contributed by atoms with Crippen LogP contribution in [0.1, 0.15) is 54.0 Å². The molecule has 1 aromatic carbocycles. The topological polar surface area (TPSA) is 149 Å². The van der Waals surface area contributed by atoms with Crippen LogP contribution < -0.4 is 16.0 Å². The van der Waals surface area contributed by atoms with Crippen LogP contribution >= 0.6 is 0 Å². The van der Waals surface area contributed by atoms with Crippen molar-refractivity contribution in [2.24, 2.45) is 0 Å². The van der Waals surface area contributed by atoms with Crippen molar-refractivity contribution in [3.63, 3.8) is 0 Å². The van der Waals surface area contributed by atoms with Crippen molar-refractivity contribution in [1.29, 1.82) is 0 Å². The van der Waals surface area contributed by atoms with Gasteiger partial charge in [0.2, 0.25) is 5.91 Å². The minimum atomic E-state index is -1.00. The van der Waals surface area contributed by atoms with E-state index in [1.807, 2.05) is 0 Å². The Balaban J connectivity index is 2.82. The lowest BCUT2D eigenvalue weighted by molar-refractivity contribution is -0.384. The van der Waals surface area contributed by atoms with Crippen molar-refractivity contribution in [3.05, 3.63) is 39.9 Å². The molecule has 1 unspecified atom stereocenters. The highest BCUT2D eigenvalue weighted by atomic mass is 16.6. The largest absolute Gasteiger partial charge is 0.444 e. The van der Waals surface area contributed by atoms with Gasteiger partial charge in [-0.15, -0.1) is 0 Å². The molecule has 0 fully saturated rings. The van der Waals surface area contributed by atoms with Gasteiger partial charge >= 0.3 is 12.2 Å². The van der Waals surface area contributed by atoms with Gasteiger partial charge in [0, 0.05) is 31.1 Å². The maximum atomic E-state index is 12.8. The molecule has 0 spiro atoms. The molecule has 0 aliphatic carbocycles. The molecule has 0 radical (unpaired) electrons. The fourth-order valence-corrected chi connectivity index (χ4v) is 2.59. The van der Waals surface area contributed by atoms with Gasteiger partial charge in [-0.25, -0.2) is 9.59 Å². The van der Waals surface area contributed by atoms with Crippen LogP contribution in [0.15, 0.2) is 24.3 Å². The van der Waals surface area contributed by atoms with E-state index < -0.39 is 46.3 Å². The molecule has 0 heterocycles. The lowest BCUT2D eigenvalue weighted by Gasteiger charge is -2.24. The lowest BCUT2D eigenvalue weighted by Crippen LogP contribution is -2.52. The SMILES string of the molecule is CC(CNC(=O)[C@H](Cc1ccc([N+](=O)[O-])cc1)NC(=O)OC(C)(C)C)NC(=O)OC(C)(C)C. The zero-order valence-electron chi connectivity index (χ0n) is 20.2. The molecule has 3 N–H and O–H groups in total. The number of nitro groups is 1. The number of hydrogen-bond acceptors (Lipinski definition) is 7. The summed E-state index contributed by atoms with van der Waals surface area (Å²) in [5, 5.41) is 18.7. The normalized spacial score (nSPS) is 13.3. The molecule has 33 heavy (non-hydrogen) atoms. The van der Waals surface area contributed by atoms with Crippen LogP contribution in [0.2, 0.25) is 0 Å². The Kier molecular flexibility index (Phi) is 9.63. The molecule has 0 aliphatic rings. The number of alkyl carbamates (subject to hydrolysis) is 2. The van der Waals surface area contributed by atoms with Gasteiger partial charge in [-0.2, -0.15) is 0 Å². The fourth-order valence-electron chi connectivity index (χ4n) is 2.59. The van der Waals surface area contributed by atoms with Gasteiger partial charge in [0.1, 0.15) is 17.2 Å². The number of ether oxygens (including phenoxy) is 2. The van der Waals surface area contributed by atoms with E-state index in [-0.39, 0.29) is 18.7 Å². The maximum absolute atomic E-state index is 12.8. The number of non-ortho nitro benzene ring substituents is 1. The number of nitrogens with zero attached hydrogens (tertiary/aromatic N) is 1. The lowest BCUT2D eigenvalue weighted by atomic mass is 10.0. The summed E-state index contributed by atoms with van der Waals surface area (Å²) in [4.78, 5) is 47.3. The molecule has 0 aliphatic heterocycles. The number of nitro benzene ring substituents is 1. The fraction of sp³-hybridized carbons (Fsp3) is 0.591. The summed E-state index contributed by atoms with van der Waals surface area (Å²) in [6.45, 7) is 12.1. The second-order valence-corrected chi connectivity index (χ2v) is 9.62. The number of hydrogen-bond donors (Lipinski definition) is 3. The average Bonchev–Trinajstić information content (AvgIpc) is 2.62. The number of benzene rings is 1. The van der Waals surface area contributed by atoms with Crippen LogP contribution in [0.5, 0.6) is 0 Å².